The van der Waals surface area contributed by atoms with Gasteiger partial charge in [-0.05, 0) is 69.2 Å². The molecule has 1 aliphatic rings. The Balaban J connectivity index is 2.07. The van der Waals surface area contributed by atoms with Crippen molar-refractivity contribution in [1.82, 2.24) is 14.5 Å². The van der Waals surface area contributed by atoms with Crippen LogP contribution in [0.5, 0.6) is 5.75 Å². The molecule has 0 radical (unpaired) electrons. The zero-order chi connectivity index (χ0) is 30.6. The number of esters is 1. The van der Waals surface area contributed by atoms with E-state index in [9.17, 15) is 15.0 Å². The van der Waals surface area contributed by atoms with Gasteiger partial charge in [-0.2, -0.15) is 0 Å². The van der Waals surface area contributed by atoms with Crippen molar-refractivity contribution in [3.8, 4) is 17.1 Å². The first-order valence-corrected chi connectivity index (χ1v) is 14.5. The number of halogens is 2. The number of ether oxygens (including phenoxy) is 2. The molecule has 0 bridgehead atoms. The first kappa shape index (κ1) is 31.7. The molecule has 1 aliphatic heterocycles. The molecule has 0 saturated heterocycles. The summed E-state index contributed by atoms with van der Waals surface area (Å²) in [7, 11) is 1.59. The molecule has 0 aliphatic carbocycles. The third-order valence-electron chi connectivity index (χ3n) is 7.01. The molecule has 2 heterocycles. The summed E-state index contributed by atoms with van der Waals surface area (Å²) in [5.74, 6) is 0.564. The van der Waals surface area contributed by atoms with Crippen LogP contribution in [-0.2, 0) is 4.74 Å². The van der Waals surface area contributed by atoms with Crippen LogP contribution >= 0.6 is 23.2 Å². The smallest absolute Gasteiger partial charge is 0.358 e. The fraction of sp³-hybridized carbons (Fsp3) is 0.387. The lowest BCUT2D eigenvalue weighted by molar-refractivity contribution is 0.0356. The summed E-state index contributed by atoms with van der Waals surface area (Å²) in [4.78, 5) is 25.2. The van der Waals surface area contributed by atoms with Crippen molar-refractivity contribution < 1.29 is 24.5 Å². The Morgan fingerprint density at radius 2 is 1.95 bits per heavy atom. The number of benzene rings is 2. The lowest BCUT2D eigenvalue weighted by atomic mass is 9.96. The second-order valence-corrected chi connectivity index (χ2v) is 11.0. The monoisotopic (exact) mass is 614 g/mol. The Morgan fingerprint density at radius 1 is 1.21 bits per heavy atom. The molecule has 0 saturated carbocycles. The van der Waals surface area contributed by atoms with Gasteiger partial charge in [-0.25, -0.2) is 9.78 Å². The van der Waals surface area contributed by atoms with Gasteiger partial charge in [-0.1, -0.05) is 41.4 Å². The molecule has 11 heteroatoms. The predicted octanol–water partition coefficient (Wildman–Crippen LogP) is 5.56. The highest BCUT2D eigenvalue weighted by Crippen LogP contribution is 2.40. The van der Waals surface area contributed by atoms with Crippen molar-refractivity contribution in [3.05, 3.63) is 81.1 Å². The SMILES string of the molecule is CCOC(=O)c1nc(-c2ccccc2OC)n(C(C)C)c1C(N=C1C=C(Cl)C(O)N(CCO)C1)c1ccc(Cl)cc1C. The van der Waals surface area contributed by atoms with Crippen LogP contribution in [0.25, 0.3) is 11.4 Å². The molecule has 0 fully saturated rings. The van der Waals surface area contributed by atoms with Crippen molar-refractivity contribution in [2.75, 3.05) is 33.4 Å². The number of hydrogen-bond donors (Lipinski definition) is 2. The van der Waals surface area contributed by atoms with Gasteiger partial charge >= 0.3 is 5.97 Å². The lowest BCUT2D eigenvalue weighted by Crippen LogP contribution is -2.44. The molecular weight excluding hydrogens is 579 g/mol. The maximum absolute atomic E-state index is 13.5. The molecule has 2 aromatic carbocycles. The van der Waals surface area contributed by atoms with Crippen molar-refractivity contribution in [2.24, 2.45) is 4.99 Å². The molecule has 0 amide bonds. The van der Waals surface area contributed by atoms with Crippen molar-refractivity contribution in [3.63, 3.8) is 0 Å². The Hall–Kier alpha value is -3.21. The van der Waals surface area contributed by atoms with Crippen LogP contribution in [0.2, 0.25) is 5.02 Å². The number of hydrogen-bond acceptors (Lipinski definition) is 8. The van der Waals surface area contributed by atoms with Gasteiger partial charge in [0.2, 0.25) is 0 Å². The summed E-state index contributed by atoms with van der Waals surface area (Å²) in [5.41, 5.74) is 3.60. The van der Waals surface area contributed by atoms with E-state index in [-0.39, 0.29) is 43.1 Å². The van der Waals surface area contributed by atoms with Crippen LogP contribution in [0, 0.1) is 6.92 Å². The summed E-state index contributed by atoms with van der Waals surface area (Å²) in [6.07, 6.45) is 0.571. The fourth-order valence-corrected chi connectivity index (χ4v) is 5.63. The van der Waals surface area contributed by atoms with E-state index in [1.807, 2.05) is 61.7 Å². The standard InChI is InChI=1S/C31H36Cl2N4O5/c1-6-42-31(40)27-28(37(18(2)3)29(35-27)23-9-7-8-10-25(23)41-5)26(22-12-11-20(32)15-19(22)4)34-21-16-24(33)30(39)36(17-21)13-14-38/h7-12,15-16,18,26,30,38-39H,6,13-14,17H2,1-5H3. The second kappa shape index (κ2) is 13.8. The van der Waals surface area contributed by atoms with Crippen LogP contribution in [0.4, 0.5) is 0 Å². The number of aliphatic hydroxyl groups is 2. The molecule has 4 rings (SSSR count). The fourth-order valence-electron chi connectivity index (χ4n) is 5.14. The number of aliphatic hydroxyl groups excluding tert-OH is 2. The summed E-state index contributed by atoms with van der Waals surface area (Å²) < 4.78 is 13.1. The minimum atomic E-state index is -1.05. The number of aryl methyl sites for hydroxylation is 1. The maximum atomic E-state index is 13.5. The van der Waals surface area contributed by atoms with Crippen molar-refractivity contribution >= 4 is 34.9 Å². The molecule has 1 aromatic heterocycles. The van der Waals surface area contributed by atoms with E-state index in [1.54, 1.807) is 31.1 Å². The first-order chi connectivity index (χ1) is 20.1. The van der Waals surface area contributed by atoms with Crippen LogP contribution in [-0.4, -0.2) is 76.0 Å². The van der Waals surface area contributed by atoms with E-state index in [4.69, 9.17) is 42.7 Å². The number of methoxy groups -OCH3 is 1. The number of aromatic nitrogens is 2. The van der Waals surface area contributed by atoms with Gasteiger partial charge < -0.3 is 24.3 Å². The van der Waals surface area contributed by atoms with E-state index in [0.29, 0.717) is 33.6 Å². The largest absolute Gasteiger partial charge is 0.496 e. The summed E-state index contributed by atoms with van der Waals surface area (Å²) in [5, 5.41) is 20.9. The zero-order valence-electron chi connectivity index (χ0n) is 24.3. The number of imidazole rings is 1. The molecule has 3 aromatic rings. The molecule has 0 spiro atoms. The van der Waals surface area contributed by atoms with Crippen LogP contribution in [0.3, 0.4) is 0 Å². The number of rotatable bonds is 10. The third kappa shape index (κ3) is 6.55. The van der Waals surface area contributed by atoms with E-state index in [2.05, 4.69) is 0 Å². The average Bonchev–Trinajstić information content (AvgIpc) is 3.36. The highest BCUT2D eigenvalue weighted by atomic mass is 35.5. The third-order valence-corrected chi connectivity index (χ3v) is 7.55. The quantitative estimate of drug-likeness (QED) is 0.288. The number of β-amino-alcohol motifs (C(OH)–C–C–N with tert-alkyl or cyclic N) is 1. The Bertz CT molecular complexity index is 1500. The van der Waals surface area contributed by atoms with E-state index >= 15 is 0 Å². The number of carbonyl (C=O) groups excluding carboxylic acids is 1. The van der Waals surface area contributed by atoms with Crippen LogP contribution < -0.4 is 4.74 Å². The van der Waals surface area contributed by atoms with E-state index < -0.39 is 18.2 Å². The minimum Gasteiger partial charge on any atom is -0.496 e. The van der Waals surface area contributed by atoms with Gasteiger partial charge in [0.1, 0.15) is 23.8 Å². The van der Waals surface area contributed by atoms with Gasteiger partial charge in [0.25, 0.3) is 0 Å². The van der Waals surface area contributed by atoms with Crippen molar-refractivity contribution in [1.29, 1.82) is 0 Å². The number of aliphatic imine (C=N–C) groups is 1. The van der Waals surface area contributed by atoms with Gasteiger partial charge in [0.05, 0.1) is 42.3 Å². The lowest BCUT2D eigenvalue weighted by Gasteiger charge is -2.31. The molecule has 224 valence electrons. The number of para-hydroxylation sites is 1. The first-order valence-electron chi connectivity index (χ1n) is 13.8. The zero-order valence-corrected chi connectivity index (χ0v) is 25.9. The van der Waals surface area contributed by atoms with E-state index in [0.717, 1.165) is 11.1 Å². The molecule has 2 N–H and O–H groups in total. The van der Waals surface area contributed by atoms with Gasteiger partial charge in [0, 0.05) is 24.2 Å². The second-order valence-electron chi connectivity index (χ2n) is 10.2. The molecule has 2 unspecified atom stereocenters. The summed E-state index contributed by atoms with van der Waals surface area (Å²) in [6, 6.07) is 12.1. The number of carbonyl (C=O) groups is 1. The van der Waals surface area contributed by atoms with Crippen LogP contribution in [0.15, 0.2) is 58.6 Å². The van der Waals surface area contributed by atoms with Gasteiger partial charge in [-0.3, -0.25) is 9.89 Å². The van der Waals surface area contributed by atoms with Gasteiger partial charge in [-0.15, -0.1) is 0 Å². The topological polar surface area (TPSA) is 109 Å². The van der Waals surface area contributed by atoms with E-state index in [1.165, 1.54) is 0 Å². The number of nitrogens with zero attached hydrogens (tertiary/aromatic N) is 4. The van der Waals surface area contributed by atoms with Gasteiger partial charge in [0.15, 0.2) is 5.69 Å². The Kier molecular flexibility index (Phi) is 10.5. The summed E-state index contributed by atoms with van der Waals surface area (Å²) >= 11 is 12.8. The average molecular weight is 616 g/mol. The van der Waals surface area contributed by atoms with Crippen molar-refractivity contribution in [2.45, 2.75) is 46.0 Å². The molecule has 2 atom stereocenters. The highest BCUT2D eigenvalue weighted by Gasteiger charge is 2.34. The minimum absolute atomic E-state index is 0.133. The maximum Gasteiger partial charge on any atom is 0.358 e. The molecule has 9 nitrogen and oxygen atoms in total. The molecular formula is C31H36Cl2N4O5. The Morgan fingerprint density at radius 3 is 2.60 bits per heavy atom. The predicted molar refractivity (Wildman–Crippen MR) is 165 cm³/mol. The highest BCUT2D eigenvalue weighted by molar-refractivity contribution is 6.32. The Labute approximate surface area is 256 Å². The van der Waals surface area contributed by atoms with Crippen LogP contribution in [0.1, 0.15) is 60.2 Å². The summed E-state index contributed by atoms with van der Waals surface area (Å²) in [6.45, 7) is 8.13. The normalized spacial score (nSPS) is 17.4. The molecule has 42 heavy (non-hydrogen) atoms.